The Balaban J connectivity index is 0.000000224. The smallest absolute Gasteiger partial charge is 0.328 e. The molecule has 6 heteroatoms. The Morgan fingerprint density at radius 3 is 2.38 bits per heavy atom. The standard InChI is InChI=1S/C14H17NO.C4H4O4/c1-9-3-4-11-12(5-9)13-8-15(2)7-10(13)6-14(11)16;5-3(6)1-2-4(7)8/h3-5,10,13H,6-8H2,1-2H3;1-2H,(H,5,6)(H,7,8)/b;2-1+/t10-,13+;/m0./s1. The van der Waals surface area contributed by atoms with Crippen LogP contribution in [0.25, 0.3) is 0 Å². The average Bonchev–Trinajstić information content (AvgIpc) is 2.86. The molecule has 24 heavy (non-hydrogen) atoms. The highest BCUT2D eigenvalue weighted by molar-refractivity contribution is 5.99. The molecule has 2 N–H and O–H groups in total. The molecule has 1 saturated heterocycles. The van der Waals surface area contributed by atoms with Gasteiger partial charge in [0.15, 0.2) is 5.78 Å². The summed E-state index contributed by atoms with van der Waals surface area (Å²) in [5.41, 5.74) is 3.54. The predicted molar refractivity (Wildman–Crippen MR) is 88.3 cm³/mol. The molecule has 1 fully saturated rings. The quantitative estimate of drug-likeness (QED) is 0.804. The maximum Gasteiger partial charge on any atom is 0.328 e. The van der Waals surface area contributed by atoms with Crippen LogP contribution in [-0.2, 0) is 9.59 Å². The zero-order valence-electron chi connectivity index (χ0n) is 13.7. The van der Waals surface area contributed by atoms with Gasteiger partial charge in [-0.2, -0.15) is 0 Å². The highest BCUT2D eigenvalue weighted by Gasteiger charge is 2.39. The van der Waals surface area contributed by atoms with Crippen LogP contribution in [0, 0.1) is 12.8 Å². The summed E-state index contributed by atoms with van der Waals surface area (Å²) in [6, 6.07) is 6.28. The fourth-order valence-corrected chi connectivity index (χ4v) is 3.38. The van der Waals surface area contributed by atoms with Gasteiger partial charge in [-0.15, -0.1) is 0 Å². The van der Waals surface area contributed by atoms with E-state index in [1.165, 1.54) is 11.1 Å². The summed E-state index contributed by atoms with van der Waals surface area (Å²) in [6.07, 6.45) is 1.86. The average molecular weight is 331 g/mol. The molecule has 0 aromatic heterocycles. The van der Waals surface area contributed by atoms with Gasteiger partial charge in [0.2, 0.25) is 0 Å². The topological polar surface area (TPSA) is 94.9 Å². The van der Waals surface area contributed by atoms with Gasteiger partial charge in [0.05, 0.1) is 0 Å². The van der Waals surface area contributed by atoms with Crippen LogP contribution >= 0.6 is 0 Å². The molecule has 1 aliphatic heterocycles. The number of carbonyl (C=O) groups is 3. The summed E-state index contributed by atoms with van der Waals surface area (Å²) in [5.74, 6) is -1.05. The largest absolute Gasteiger partial charge is 0.478 e. The number of hydrogen-bond donors (Lipinski definition) is 2. The number of aryl methyl sites for hydroxylation is 1. The lowest BCUT2D eigenvalue weighted by atomic mass is 9.76. The molecule has 0 saturated carbocycles. The van der Waals surface area contributed by atoms with Gasteiger partial charge in [0.1, 0.15) is 0 Å². The molecule has 0 spiro atoms. The summed E-state index contributed by atoms with van der Waals surface area (Å²) in [5, 5.41) is 15.6. The first-order chi connectivity index (χ1) is 11.3. The van der Waals surface area contributed by atoms with E-state index in [0.29, 0.717) is 29.8 Å². The van der Waals surface area contributed by atoms with Crippen LogP contribution in [0.2, 0.25) is 0 Å². The summed E-state index contributed by atoms with van der Waals surface area (Å²) in [6.45, 7) is 4.28. The first-order valence-electron chi connectivity index (χ1n) is 7.74. The summed E-state index contributed by atoms with van der Waals surface area (Å²) >= 11 is 0. The number of carboxylic acid groups (broad SMARTS) is 2. The van der Waals surface area contributed by atoms with Crippen LogP contribution in [0.4, 0.5) is 0 Å². The van der Waals surface area contributed by atoms with Gasteiger partial charge in [0.25, 0.3) is 0 Å². The Hall–Kier alpha value is -2.47. The number of benzene rings is 1. The number of nitrogens with zero attached hydrogens (tertiary/aromatic N) is 1. The molecule has 1 aromatic rings. The maximum atomic E-state index is 12.0. The molecule has 0 unspecified atom stereocenters. The molecule has 6 nitrogen and oxygen atoms in total. The van der Waals surface area contributed by atoms with Gasteiger partial charge >= 0.3 is 11.9 Å². The first kappa shape index (κ1) is 17.9. The number of hydrogen-bond acceptors (Lipinski definition) is 4. The number of carboxylic acids is 2. The van der Waals surface area contributed by atoms with Crippen molar-refractivity contribution < 1.29 is 24.6 Å². The number of Topliss-reactive ketones (excluding diaryl/α,β-unsaturated/α-hetero) is 1. The lowest BCUT2D eigenvalue weighted by molar-refractivity contribution is -0.134. The van der Waals surface area contributed by atoms with Crippen molar-refractivity contribution in [2.75, 3.05) is 20.1 Å². The van der Waals surface area contributed by atoms with E-state index in [1.807, 2.05) is 6.07 Å². The fraction of sp³-hybridized carbons (Fsp3) is 0.389. The van der Waals surface area contributed by atoms with Crippen molar-refractivity contribution >= 4 is 17.7 Å². The van der Waals surface area contributed by atoms with Gasteiger partial charge in [-0.05, 0) is 25.5 Å². The predicted octanol–water partition coefficient (Wildman–Crippen LogP) is 1.94. The maximum absolute atomic E-state index is 12.0. The third kappa shape index (κ3) is 4.29. The summed E-state index contributed by atoms with van der Waals surface area (Å²) < 4.78 is 0. The van der Waals surface area contributed by atoms with Crippen LogP contribution < -0.4 is 0 Å². The molecular weight excluding hydrogens is 310 g/mol. The van der Waals surface area contributed by atoms with Gasteiger partial charge < -0.3 is 15.1 Å². The SMILES string of the molecule is Cc1ccc2c(c1)[C@@H]1CN(C)C[C@@H]1CC2=O.O=C(O)/C=C/C(=O)O. The molecular formula is C18H21NO5. The van der Waals surface area contributed by atoms with E-state index in [-0.39, 0.29) is 0 Å². The number of likely N-dealkylation sites (tertiary alicyclic amines) is 1. The molecule has 1 aliphatic carbocycles. The normalized spacial score (nSPS) is 22.5. The van der Waals surface area contributed by atoms with Gasteiger partial charge in [-0.3, -0.25) is 4.79 Å². The van der Waals surface area contributed by atoms with E-state index < -0.39 is 11.9 Å². The molecule has 2 aliphatic rings. The number of aliphatic carboxylic acids is 2. The van der Waals surface area contributed by atoms with Crippen LogP contribution in [0.1, 0.15) is 33.8 Å². The number of rotatable bonds is 2. The molecule has 1 heterocycles. The van der Waals surface area contributed by atoms with Crippen molar-refractivity contribution in [3.05, 3.63) is 47.0 Å². The minimum atomic E-state index is -1.26. The summed E-state index contributed by atoms with van der Waals surface area (Å²) in [4.78, 5) is 33.5. The van der Waals surface area contributed by atoms with E-state index >= 15 is 0 Å². The molecule has 0 radical (unpaired) electrons. The van der Waals surface area contributed by atoms with E-state index in [9.17, 15) is 14.4 Å². The lowest BCUT2D eigenvalue weighted by Gasteiger charge is -2.26. The molecule has 0 bridgehead atoms. The zero-order valence-corrected chi connectivity index (χ0v) is 13.7. The molecule has 3 rings (SSSR count). The number of carbonyl (C=O) groups excluding carboxylic acids is 1. The molecule has 128 valence electrons. The minimum Gasteiger partial charge on any atom is -0.478 e. The number of ketones is 1. The van der Waals surface area contributed by atoms with Crippen LogP contribution in [-0.4, -0.2) is 53.0 Å². The van der Waals surface area contributed by atoms with Crippen LogP contribution in [0.5, 0.6) is 0 Å². The third-order valence-corrected chi connectivity index (χ3v) is 4.35. The molecule has 2 atom stereocenters. The number of likely N-dealkylation sites (N-methyl/N-ethyl adjacent to an activating group) is 1. The number of fused-ring (bicyclic) bond motifs is 3. The van der Waals surface area contributed by atoms with Crippen molar-refractivity contribution in [1.29, 1.82) is 0 Å². The van der Waals surface area contributed by atoms with Gasteiger partial charge in [0, 0.05) is 43.1 Å². The Morgan fingerprint density at radius 1 is 1.17 bits per heavy atom. The molecule has 0 amide bonds. The Bertz CT molecular complexity index is 679. The second-order valence-corrected chi connectivity index (χ2v) is 6.32. The van der Waals surface area contributed by atoms with Crippen molar-refractivity contribution in [3.8, 4) is 0 Å². The zero-order chi connectivity index (χ0) is 17.9. The lowest BCUT2D eigenvalue weighted by Crippen LogP contribution is -2.24. The van der Waals surface area contributed by atoms with Crippen molar-refractivity contribution in [2.45, 2.75) is 19.3 Å². The van der Waals surface area contributed by atoms with Crippen LogP contribution in [0.15, 0.2) is 30.4 Å². The highest BCUT2D eigenvalue weighted by Crippen LogP contribution is 2.41. The Labute approximate surface area is 140 Å². The van der Waals surface area contributed by atoms with E-state index in [2.05, 4.69) is 31.0 Å². The fourth-order valence-electron chi connectivity index (χ4n) is 3.38. The summed E-state index contributed by atoms with van der Waals surface area (Å²) in [7, 11) is 2.15. The van der Waals surface area contributed by atoms with Crippen molar-refractivity contribution in [1.82, 2.24) is 4.90 Å². The Morgan fingerprint density at radius 2 is 1.79 bits per heavy atom. The molecule has 1 aromatic carbocycles. The Kier molecular flexibility index (Phi) is 5.51. The van der Waals surface area contributed by atoms with Crippen LogP contribution in [0.3, 0.4) is 0 Å². The van der Waals surface area contributed by atoms with E-state index in [4.69, 9.17) is 10.2 Å². The van der Waals surface area contributed by atoms with E-state index in [1.54, 1.807) is 0 Å². The second-order valence-electron chi connectivity index (χ2n) is 6.32. The first-order valence-corrected chi connectivity index (χ1v) is 7.74. The van der Waals surface area contributed by atoms with Gasteiger partial charge in [-0.25, -0.2) is 9.59 Å². The van der Waals surface area contributed by atoms with Gasteiger partial charge in [-0.1, -0.05) is 23.8 Å². The highest BCUT2D eigenvalue weighted by atomic mass is 16.4. The van der Waals surface area contributed by atoms with Crippen molar-refractivity contribution in [3.63, 3.8) is 0 Å². The monoisotopic (exact) mass is 331 g/mol. The van der Waals surface area contributed by atoms with E-state index in [0.717, 1.165) is 25.1 Å². The third-order valence-electron chi connectivity index (χ3n) is 4.35. The van der Waals surface area contributed by atoms with Crippen molar-refractivity contribution in [2.24, 2.45) is 5.92 Å². The minimum absolute atomic E-state index is 0.339. The second kappa shape index (κ2) is 7.40.